The number of nitrogens with one attached hydrogen (secondary N) is 1. The van der Waals surface area contributed by atoms with E-state index < -0.39 is 24.0 Å². The van der Waals surface area contributed by atoms with Crippen LogP contribution < -0.4 is 16.2 Å². The van der Waals surface area contributed by atoms with Crippen LogP contribution in [0.4, 0.5) is 18.9 Å². The molecule has 1 aliphatic heterocycles. The van der Waals surface area contributed by atoms with Gasteiger partial charge >= 0.3 is 190 Å². The Hall–Kier alpha value is -1.31. The van der Waals surface area contributed by atoms with Crippen molar-refractivity contribution >= 4 is 71.9 Å². The first-order valence-corrected chi connectivity index (χ1v) is 23.3. The molecule has 2 aromatic heterocycles. The van der Waals surface area contributed by atoms with E-state index in [0.29, 0.717) is 31.6 Å². The zero-order valence-corrected chi connectivity index (χ0v) is 23.2. The molecule has 0 saturated carbocycles. The summed E-state index contributed by atoms with van der Waals surface area (Å²) in [7, 11) is 0. The number of aromatic nitrogens is 3. The number of hydrogen-bond acceptors (Lipinski definition) is 5. The predicted molar refractivity (Wildman–Crippen MR) is 143 cm³/mol. The number of fused-ring (bicyclic) bond motifs is 1. The molecule has 1 saturated heterocycles. The Morgan fingerprint density at radius 3 is 2.55 bits per heavy atom. The zero-order chi connectivity index (χ0) is 23.9. The molecule has 14 heteroatoms. The number of likely N-dealkylation sites (tertiary alicyclic amines) is 1. The van der Waals surface area contributed by atoms with E-state index in [9.17, 15) is 22.8 Å². The fraction of sp³-hybridized carbons (Fsp3) is 0.316. The number of piperidine rings is 1. The number of imidazole rings is 1. The average molecular weight is 801 g/mol. The predicted octanol–water partition coefficient (Wildman–Crippen LogP) is 5.06. The molecule has 0 bridgehead atoms. The number of carbonyl (C=O) groups excluding carboxylic acids is 1. The first kappa shape index (κ1) is 24.8. The molecule has 0 unspecified atom stereocenters. The Bertz CT molecular complexity index is 1250. The van der Waals surface area contributed by atoms with E-state index >= 15 is 0 Å². The first-order chi connectivity index (χ1) is 15.5. The van der Waals surface area contributed by atoms with E-state index in [0.717, 1.165) is 21.2 Å². The summed E-state index contributed by atoms with van der Waals surface area (Å²) in [5.41, 5.74) is 6.93. The van der Waals surface area contributed by atoms with E-state index in [2.05, 4.69) is 51.9 Å². The van der Waals surface area contributed by atoms with Crippen molar-refractivity contribution in [3.63, 3.8) is 0 Å². The molecule has 8 nitrogen and oxygen atoms in total. The Kier molecular flexibility index (Phi) is 7.32. The fourth-order valence-electron chi connectivity index (χ4n) is 3.85. The van der Waals surface area contributed by atoms with Crippen LogP contribution in [0.25, 0.3) is 11.2 Å². The van der Waals surface area contributed by atoms with Gasteiger partial charge in [0.15, 0.2) is 0 Å². The topological polar surface area (TPSA) is 106 Å². The van der Waals surface area contributed by atoms with Gasteiger partial charge in [0.25, 0.3) is 0 Å². The van der Waals surface area contributed by atoms with Crippen LogP contribution in [0.15, 0.2) is 35.3 Å². The van der Waals surface area contributed by atoms with Crippen molar-refractivity contribution in [3.8, 4) is 5.75 Å². The summed E-state index contributed by atoms with van der Waals surface area (Å²) in [6, 6.07) is 5.21. The quantitative estimate of drug-likeness (QED) is 0.284. The Labute approximate surface area is 212 Å². The Morgan fingerprint density at radius 2 is 1.94 bits per heavy atom. The third-order valence-corrected chi connectivity index (χ3v) is 13.2. The minimum atomic E-state index is -4.84. The standard InChI is InChI=1S/C19H17F3I3N5O3/c20-19(21,22)33-12-1-2-13(14(26)8-12)17(31)29-5-3-11(4-6-29)30-15-7-10(25(23)24)9-27-16(15)28-18(30)32/h1-2,7-9,11H,3-6,26H2,(H,27,28,32). The zero-order valence-electron chi connectivity index (χ0n) is 16.7. The normalized spacial score (nSPS) is 15.7. The number of nitrogen functional groups attached to an aromatic ring is 1. The number of alkyl halides is 3. The van der Waals surface area contributed by atoms with E-state index in [4.69, 9.17) is 5.73 Å². The number of rotatable bonds is 4. The molecule has 4 rings (SSSR count). The van der Waals surface area contributed by atoms with Gasteiger partial charge in [0.2, 0.25) is 0 Å². The molecule has 0 atom stereocenters. The molecule has 3 heterocycles. The first-order valence-electron chi connectivity index (χ1n) is 9.61. The number of hydrogen-bond donors (Lipinski definition) is 2. The number of H-pyrrole nitrogens is 1. The van der Waals surface area contributed by atoms with Crippen LogP contribution in [0.1, 0.15) is 29.2 Å². The van der Waals surface area contributed by atoms with Gasteiger partial charge in [-0.1, -0.05) is 0 Å². The van der Waals surface area contributed by atoms with Crippen LogP contribution in [-0.4, -0.2) is 44.8 Å². The third-order valence-electron chi connectivity index (χ3n) is 5.31. The molecule has 3 N–H and O–H groups in total. The molecule has 1 fully saturated rings. The van der Waals surface area contributed by atoms with Crippen molar-refractivity contribution in [2.24, 2.45) is 0 Å². The summed E-state index contributed by atoms with van der Waals surface area (Å²) in [4.78, 5) is 34.3. The number of ether oxygens (including phenoxy) is 1. The van der Waals surface area contributed by atoms with Crippen molar-refractivity contribution < 1.29 is 22.7 Å². The number of aromatic amines is 1. The van der Waals surface area contributed by atoms with Gasteiger partial charge in [-0.3, -0.25) is 0 Å². The van der Waals surface area contributed by atoms with Gasteiger partial charge in [-0.25, -0.2) is 0 Å². The molecule has 0 aliphatic carbocycles. The summed E-state index contributed by atoms with van der Waals surface area (Å²) >= 11 is 3.52. The van der Waals surface area contributed by atoms with Gasteiger partial charge in [-0.05, 0) is 0 Å². The number of pyridine rings is 1. The molecular formula is C19H17F3I3N5O3. The van der Waals surface area contributed by atoms with Crippen molar-refractivity contribution in [2.45, 2.75) is 25.2 Å². The minimum absolute atomic E-state index is 0.0906. The number of anilines is 1. The Balaban J connectivity index is 1.49. The maximum absolute atomic E-state index is 12.9. The number of halogens is 6. The van der Waals surface area contributed by atoms with E-state index in [1.54, 1.807) is 9.47 Å². The van der Waals surface area contributed by atoms with Gasteiger partial charge in [0.1, 0.15) is 5.75 Å². The van der Waals surface area contributed by atoms with Gasteiger partial charge < -0.3 is 4.74 Å². The number of nitrogens with two attached hydrogens (primary N) is 1. The summed E-state index contributed by atoms with van der Waals surface area (Å²) in [5.74, 6) is -0.852. The van der Waals surface area contributed by atoms with Gasteiger partial charge in [0, 0.05) is 0 Å². The third kappa shape index (κ3) is 5.51. The van der Waals surface area contributed by atoms with Crippen molar-refractivity contribution in [1.82, 2.24) is 19.4 Å². The monoisotopic (exact) mass is 801 g/mol. The summed E-state index contributed by atoms with van der Waals surface area (Å²) in [6.07, 6.45) is -1.93. The molecule has 1 aromatic carbocycles. The van der Waals surface area contributed by atoms with Crippen LogP contribution >= 0.6 is 49.1 Å². The fourth-order valence-corrected chi connectivity index (χ4v) is 7.72. The maximum atomic E-state index is 12.9. The van der Waals surface area contributed by atoms with Crippen molar-refractivity contribution in [1.29, 1.82) is 0 Å². The molecule has 178 valence electrons. The van der Waals surface area contributed by atoms with Crippen LogP contribution in [0.5, 0.6) is 5.75 Å². The molecule has 0 radical (unpaired) electrons. The average Bonchev–Trinajstić information content (AvgIpc) is 3.07. The van der Waals surface area contributed by atoms with Crippen LogP contribution in [0.2, 0.25) is 0 Å². The summed E-state index contributed by atoms with van der Waals surface area (Å²) in [6.45, 7) is 0.764. The Morgan fingerprint density at radius 1 is 1.24 bits per heavy atom. The second-order valence-corrected chi connectivity index (χ2v) is 31.1. The van der Waals surface area contributed by atoms with Gasteiger partial charge in [-0.2, -0.15) is 0 Å². The molecule has 0 spiro atoms. The molecule has 33 heavy (non-hydrogen) atoms. The molecule has 1 amide bonds. The van der Waals surface area contributed by atoms with Gasteiger partial charge in [-0.15, -0.1) is 13.2 Å². The molecule has 3 aromatic rings. The second-order valence-electron chi connectivity index (χ2n) is 7.34. The van der Waals surface area contributed by atoms with Crippen molar-refractivity contribution in [3.05, 3.63) is 50.1 Å². The number of benzene rings is 1. The van der Waals surface area contributed by atoms with Gasteiger partial charge in [0.05, 0.1) is 0 Å². The number of amides is 1. The second kappa shape index (κ2) is 9.74. The number of nitrogens with zero attached hydrogens (tertiary/aromatic N) is 3. The number of carbonyl (C=O) groups is 1. The van der Waals surface area contributed by atoms with E-state index in [-0.39, 0.29) is 28.9 Å². The van der Waals surface area contributed by atoms with E-state index in [1.807, 2.05) is 12.3 Å². The van der Waals surface area contributed by atoms with Crippen LogP contribution in [0, 0.1) is 3.57 Å². The molecule has 1 aliphatic rings. The summed E-state index contributed by atoms with van der Waals surface area (Å²) in [5, 5.41) is 0. The van der Waals surface area contributed by atoms with Crippen molar-refractivity contribution in [2.75, 3.05) is 18.8 Å². The van der Waals surface area contributed by atoms with Crippen LogP contribution in [-0.2, 0) is 0 Å². The SMILES string of the molecule is Nc1cc(OC(F)(F)F)ccc1C(=O)N1CCC(n2c(=O)[nH]c3ncc(I(I)I)cc32)CC1. The van der Waals surface area contributed by atoms with E-state index in [1.165, 1.54) is 6.07 Å². The summed E-state index contributed by atoms with van der Waals surface area (Å²) < 4.78 is 43.9. The molecular weight excluding hydrogens is 784 g/mol. The van der Waals surface area contributed by atoms with Crippen LogP contribution in [0.3, 0.4) is 0 Å².